The third-order valence-electron chi connectivity index (χ3n) is 8.08. The van der Waals surface area contributed by atoms with Crippen LogP contribution in [0.1, 0.15) is 36.8 Å². The van der Waals surface area contributed by atoms with Crippen LogP contribution in [0.4, 0.5) is 5.69 Å². The van der Waals surface area contributed by atoms with E-state index >= 15 is 0 Å². The topological polar surface area (TPSA) is 86.8 Å². The molecule has 0 aromatic heterocycles. The van der Waals surface area contributed by atoms with Gasteiger partial charge in [-0.15, -0.1) is 0 Å². The van der Waals surface area contributed by atoms with Crippen LogP contribution in [0.25, 0.3) is 10.8 Å². The van der Waals surface area contributed by atoms with Gasteiger partial charge in [0.25, 0.3) is 0 Å². The number of rotatable bonds is 11. The monoisotopic (exact) mass is 651 g/mol. The highest BCUT2D eigenvalue weighted by atomic mass is 35.5. The summed E-state index contributed by atoms with van der Waals surface area (Å²) in [6.07, 6.45) is 5.10. The Morgan fingerprint density at radius 1 is 0.864 bits per heavy atom. The van der Waals surface area contributed by atoms with Crippen molar-refractivity contribution >= 4 is 61.5 Å². The maximum atomic E-state index is 14.5. The van der Waals surface area contributed by atoms with Crippen molar-refractivity contribution in [1.82, 2.24) is 10.2 Å². The molecule has 2 amide bonds. The second-order valence-corrected chi connectivity index (χ2v) is 13.9. The van der Waals surface area contributed by atoms with E-state index in [1.54, 1.807) is 30.3 Å². The molecule has 44 heavy (non-hydrogen) atoms. The number of carbonyl (C=O) groups is 2. The maximum absolute atomic E-state index is 14.5. The highest BCUT2D eigenvalue weighted by molar-refractivity contribution is 7.92. The molecule has 0 spiro atoms. The average Bonchev–Trinajstić information content (AvgIpc) is 3.51. The van der Waals surface area contributed by atoms with Crippen LogP contribution in [-0.4, -0.2) is 50.0 Å². The van der Waals surface area contributed by atoms with Crippen LogP contribution in [0.2, 0.25) is 10.0 Å². The van der Waals surface area contributed by atoms with E-state index in [0.29, 0.717) is 26.7 Å². The lowest BCUT2D eigenvalue weighted by Crippen LogP contribution is -2.54. The van der Waals surface area contributed by atoms with Crippen LogP contribution in [0.3, 0.4) is 0 Å². The van der Waals surface area contributed by atoms with Crippen molar-refractivity contribution in [2.45, 2.75) is 50.7 Å². The van der Waals surface area contributed by atoms with Gasteiger partial charge in [-0.2, -0.15) is 0 Å². The summed E-state index contributed by atoms with van der Waals surface area (Å²) in [7, 11) is -3.92. The lowest BCUT2D eigenvalue weighted by Gasteiger charge is -2.34. The van der Waals surface area contributed by atoms with E-state index in [4.69, 9.17) is 23.2 Å². The van der Waals surface area contributed by atoms with E-state index < -0.39 is 28.5 Å². The summed E-state index contributed by atoms with van der Waals surface area (Å²) < 4.78 is 27.6. The van der Waals surface area contributed by atoms with Gasteiger partial charge in [-0.3, -0.25) is 13.9 Å². The van der Waals surface area contributed by atoms with Crippen molar-refractivity contribution in [2.24, 2.45) is 0 Å². The van der Waals surface area contributed by atoms with Gasteiger partial charge < -0.3 is 10.2 Å². The molecular weight excluding hydrogens is 617 g/mol. The Morgan fingerprint density at radius 3 is 2.16 bits per heavy atom. The number of hydrogen-bond donors (Lipinski definition) is 1. The Hall–Kier alpha value is -3.59. The molecule has 0 heterocycles. The summed E-state index contributed by atoms with van der Waals surface area (Å²) in [6, 6.07) is 26.3. The summed E-state index contributed by atoms with van der Waals surface area (Å²) in [5.74, 6) is -0.852. The molecule has 0 aliphatic heterocycles. The highest BCUT2D eigenvalue weighted by Gasteiger charge is 2.35. The van der Waals surface area contributed by atoms with E-state index in [-0.39, 0.29) is 24.9 Å². The van der Waals surface area contributed by atoms with Gasteiger partial charge >= 0.3 is 0 Å². The molecule has 7 nitrogen and oxygen atoms in total. The maximum Gasteiger partial charge on any atom is 0.244 e. The number of carbonyl (C=O) groups excluding carboxylic acids is 2. The first-order valence-electron chi connectivity index (χ1n) is 14.6. The molecule has 1 N–H and O–H groups in total. The minimum atomic E-state index is -3.92. The Kier molecular flexibility index (Phi) is 10.1. The van der Waals surface area contributed by atoms with Gasteiger partial charge in [-0.25, -0.2) is 8.42 Å². The van der Waals surface area contributed by atoms with Crippen molar-refractivity contribution in [2.75, 3.05) is 17.1 Å². The van der Waals surface area contributed by atoms with Crippen molar-refractivity contribution in [3.8, 4) is 0 Å². The fraction of sp³-hybridized carbons (Fsp3) is 0.294. The van der Waals surface area contributed by atoms with E-state index in [1.807, 2.05) is 60.7 Å². The van der Waals surface area contributed by atoms with Crippen LogP contribution < -0.4 is 9.62 Å². The van der Waals surface area contributed by atoms with Crippen LogP contribution >= 0.6 is 23.2 Å². The number of anilines is 1. The largest absolute Gasteiger partial charge is 0.352 e. The highest BCUT2D eigenvalue weighted by Crippen LogP contribution is 2.31. The summed E-state index contributed by atoms with van der Waals surface area (Å²) >= 11 is 13.1. The van der Waals surface area contributed by atoms with Crippen LogP contribution in [-0.2, 0) is 32.6 Å². The molecular formula is C34H35Cl2N3O4S. The molecule has 1 saturated carbocycles. The number of sulfonamides is 1. The first kappa shape index (κ1) is 31.8. The molecule has 0 saturated heterocycles. The molecule has 5 rings (SSSR count). The number of nitrogens with one attached hydrogen (secondary N) is 1. The number of halogens is 2. The third-order valence-corrected chi connectivity index (χ3v) is 9.91. The summed E-state index contributed by atoms with van der Waals surface area (Å²) in [6.45, 7) is -0.600. The van der Waals surface area contributed by atoms with Crippen LogP contribution in [0, 0.1) is 0 Å². The molecule has 0 unspecified atom stereocenters. The fourth-order valence-corrected chi connectivity index (χ4v) is 7.17. The van der Waals surface area contributed by atoms with E-state index in [1.165, 1.54) is 4.90 Å². The van der Waals surface area contributed by atoms with Gasteiger partial charge in [0.1, 0.15) is 12.6 Å². The lowest BCUT2D eigenvalue weighted by atomic mass is 10.0. The zero-order valence-corrected chi connectivity index (χ0v) is 26.8. The predicted octanol–water partition coefficient (Wildman–Crippen LogP) is 6.61. The molecule has 1 atom stereocenters. The van der Waals surface area contributed by atoms with Crippen molar-refractivity contribution < 1.29 is 18.0 Å². The Balaban J connectivity index is 1.58. The summed E-state index contributed by atoms with van der Waals surface area (Å²) in [5.41, 5.74) is 1.72. The van der Waals surface area contributed by atoms with Crippen LogP contribution in [0.5, 0.6) is 0 Å². The van der Waals surface area contributed by atoms with E-state index in [0.717, 1.165) is 47.2 Å². The smallest absolute Gasteiger partial charge is 0.244 e. The fourth-order valence-electron chi connectivity index (χ4n) is 5.80. The first-order chi connectivity index (χ1) is 21.1. The minimum absolute atomic E-state index is 0.0184. The predicted molar refractivity (Wildman–Crippen MR) is 177 cm³/mol. The molecule has 0 radical (unpaired) electrons. The van der Waals surface area contributed by atoms with E-state index in [9.17, 15) is 18.0 Å². The Bertz CT molecular complexity index is 1720. The second kappa shape index (κ2) is 14.0. The molecule has 4 aromatic carbocycles. The third kappa shape index (κ3) is 7.54. The minimum Gasteiger partial charge on any atom is -0.352 e. The number of nitrogens with zero attached hydrogens (tertiary/aromatic N) is 2. The average molecular weight is 653 g/mol. The van der Waals surface area contributed by atoms with Crippen molar-refractivity contribution in [3.05, 3.63) is 112 Å². The van der Waals surface area contributed by atoms with Gasteiger partial charge in [0.15, 0.2) is 0 Å². The zero-order valence-electron chi connectivity index (χ0n) is 24.5. The quantitative estimate of drug-likeness (QED) is 0.198. The standard InChI is InChI=1S/C34H35Cl2N3O4S/c1-44(42,43)39(31-20-9-14-25-13-5-8-17-27(25)31)23-33(40)38(22-28-29(35)18-10-19-30(28)36)32(21-24-11-3-2-4-12-24)34(41)37-26-15-6-7-16-26/h2-5,8-14,17-20,26,32H,6-7,15-16,21-23H2,1H3,(H,37,41)/t32-/m0/s1. The van der Waals surface area contributed by atoms with Crippen molar-refractivity contribution in [1.29, 1.82) is 0 Å². The first-order valence-corrected chi connectivity index (χ1v) is 17.2. The molecule has 1 aliphatic rings. The molecule has 4 aromatic rings. The number of fused-ring (bicyclic) bond motifs is 1. The molecule has 10 heteroatoms. The van der Waals surface area contributed by atoms with Crippen molar-refractivity contribution in [3.63, 3.8) is 0 Å². The SMILES string of the molecule is CS(=O)(=O)N(CC(=O)N(Cc1c(Cl)cccc1Cl)[C@@H](Cc1ccccc1)C(=O)NC1CCCC1)c1cccc2ccccc12. The van der Waals surface area contributed by atoms with E-state index in [2.05, 4.69) is 5.32 Å². The lowest BCUT2D eigenvalue weighted by molar-refractivity contribution is -0.140. The summed E-state index contributed by atoms with van der Waals surface area (Å²) in [5, 5.41) is 5.38. The Morgan fingerprint density at radius 2 is 1.48 bits per heavy atom. The van der Waals surface area contributed by atoms with Crippen LogP contribution in [0.15, 0.2) is 91.0 Å². The number of hydrogen-bond acceptors (Lipinski definition) is 4. The second-order valence-electron chi connectivity index (χ2n) is 11.2. The number of amides is 2. The van der Waals surface area contributed by atoms with Gasteiger partial charge in [-0.05, 0) is 42.0 Å². The van der Waals surface area contributed by atoms with Gasteiger partial charge in [0.05, 0.1) is 11.9 Å². The van der Waals surface area contributed by atoms with Gasteiger partial charge in [-0.1, -0.05) is 109 Å². The molecule has 1 fully saturated rings. The summed E-state index contributed by atoms with van der Waals surface area (Å²) in [4.78, 5) is 29.9. The Labute approximate surface area is 268 Å². The van der Waals surface area contributed by atoms with Gasteiger partial charge in [0.2, 0.25) is 21.8 Å². The number of benzene rings is 4. The molecule has 0 bridgehead atoms. The molecule has 230 valence electrons. The normalized spacial score (nSPS) is 14.3. The van der Waals surface area contributed by atoms with Gasteiger partial charge in [0, 0.05) is 40.0 Å². The molecule has 1 aliphatic carbocycles. The zero-order chi connectivity index (χ0) is 31.3.